The second-order valence-electron chi connectivity index (χ2n) is 2.85. The van der Waals surface area contributed by atoms with Crippen molar-refractivity contribution in [3.8, 4) is 0 Å². The molecule has 0 aromatic carbocycles. The van der Waals surface area contributed by atoms with Crippen molar-refractivity contribution in [2.45, 2.75) is 25.2 Å². The number of carboxylic acids is 1. The van der Waals surface area contributed by atoms with Gasteiger partial charge in [-0.1, -0.05) is 0 Å². The monoisotopic (exact) mass is 223 g/mol. The van der Waals surface area contributed by atoms with Gasteiger partial charge < -0.3 is 20.7 Å². The number of carbonyl (C=O) groups is 2. The van der Waals surface area contributed by atoms with Gasteiger partial charge in [0, 0.05) is 0 Å². The normalized spacial score (nSPS) is 16.5. The number of hydrogen-bond donors (Lipinski definition) is 4. The van der Waals surface area contributed by atoms with E-state index >= 15 is 0 Å². The predicted molar refractivity (Wildman–Crippen MR) is 45.8 cm³/mol. The predicted octanol–water partition coefficient (Wildman–Crippen LogP) is -1.82. The Hall–Kier alpha value is -1.22. The first kappa shape index (κ1) is 13.8. The van der Waals surface area contributed by atoms with Crippen LogP contribution in [-0.2, 0) is 19.2 Å². The number of rotatable bonds is 6. The van der Waals surface area contributed by atoms with Gasteiger partial charge in [-0.3, -0.25) is 10.1 Å². The number of aliphatic carboxylic acids is 1. The summed E-state index contributed by atoms with van der Waals surface area (Å²) in [6.45, 7) is 0.740. The molecule has 8 heteroatoms. The van der Waals surface area contributed by atoms with Crippen molar-refractivity contribution in [3.05, 3.63) is 0 Å². The summed E-state index contributed by atoms with van der Waals surface area (Å²) >= 11 is 0. The summed E-state index contributed by atoms with van der Waals surface area (Å²) in [6, 6.07) is -0.879. The number of esters is 1. The molecule has 0 spiro atoms. The summed E-state index contributed by atoms with van der Waals surface area (Å²) in [4.78, 5) is 24.7. The third-order valence-electron chi connectivity index (χ3n) is 1.47. The molecule has 0 aliphatic rings. The van der Waals surface area contributed by atoms with Crippen molar-refractivity contribution in [3.63, 3.8) is 0 Å². The quantitative estimate of drug-likeness (QED) is 0.234. The minimum Gasteiger partial charge on any atom is -0.479 e. The SMILES string of the molecule is CC(N)C(=O)OCC(O)C(OO)C(=O)O. The molecule has 0 fully saturated rings. The average molecular weight is 223 g/mol. The van der Waals surface area contributed by atoms with Gasteiger partial charge in [-0.05, 0) is 6.92 Å². The number of carbonyl (C=O) groups excluding carboxylic acids is 1. The van der Waals surface area contributed by atoms with Crippen LogP contribution in [0.5, 0.6) is 0 Å². The number of ether oxygens (including phenoxy) is 1. The highest BCUT2D eigenvalue weighted by atomic mass is 17.1. The first-order valence-corrected chi connectivity index (χ1v) is 4.03. The molecule has 88 valence electrons. The highest BCUT2D eigenvalue weighted by molar-refractivity contribution is 5.75. The van der Waals surface area contributed by atoms with Gasteiger partial charge in [-0.2, -0.15) is 0 Å². The molecule has 15 heavy (non-hydrogen) atoms. The van der Waals surface area contributed by atoms with Crippen molar-refractivity contribution < 1.29 is 34.7 Å². The van der Waals surface area contributed by atoms with Gasteiger partial charge in [-0.25, -0.2) is 9.68 Å². The van der Waals surface area contributed by atoms with E-state index in [0.717, 1.165) is 0 Å². The Morgan fingerprint density at radius 2 is 2.00 bits per heavy atom. The molecular weight excluding hydrogens is 210 g/mol. The van der Waals surface area contributed by atoms with Crippen LogP contribution in [0.2, 0.25) is 0 Å². The maximum atomic E-state index is 10.8. The van der Waals surface area contributed by atoms with Gasteiger partial charge in [0.05, 0.1) is 0 Å². The summed E-state index contributed by atoms with van der Waals surface area (Å²) < 4.78 is 4.43. The molecule has 0 aromatic heterocycles. The molecule has 0 aliphatic carbocycles. The van der Waals surface area contributed by atoms with E-state index in [-0.39, 0.29) is 0 Å². The van der Waals surface area contributed by atoms with Gasteiger partial charge in [0.2, 0.25) is 6.10 Å². The Morgan fingerprint density at radius 3 is 2.33 bits per heavy atom. The van der Waals surface area contributed by atoms with Gasteiger partial charge >= 0.3 is 11.9 Å². The Labute approximate surface area is 85.1 Å². The summed E-state index contributed by atoms with van der Waals surface area (Å²) in [5, 5.41) is 25.7. The molecule has 0 rings (SSSR count). The third kappa shape index (κ3) is 4.70. The van der Waals surface area contributed by atoms with Crippen LogP contribution in [0.4, 0.5) is 0 Å². The van der Waals surface area contributed by atoms with Crippen molar-refractivity contribution in [1.29, 1.82) is 0 Å². The minimum absolute atomic E-state index is 0.627. The fourth-order valence-corrected chi connectivity index (χ4v) is 0.666. The van der Waals surface area contributed by atoms with Crippen LogP contribution in [0.1, 0.15) is 6.92 Å². The van der Waals surface area contributed by atoms with E-state index in [2.05, 4.69) is 9.62 Å². The molecule has 0 amide bonds. The fourth-order valence-electron chi connectivity index (χ4n) is 0.666. The van der Waals surface area contributed by atoms with E-state index in [1.165, 1.54) is 6.92 Å². The van der Waals surface area contributed by atoms with Crippen molar-refractivity contribution in [2.75, 3.05) is 6.61 Å². The van der Waals surface area contributed by atoms with Gasteiger partial charge in [0.25, 0.3) is 0 Å². The molecule has 5 N–H and O–H groups in total. The van der Waals surface area contributed by atoms with Crippen LogP contribution in [-0.4, -0.2) is 52.3 Å². The summed E-state index contributed by atoms with van der Waals surface area (Å²) in [5.74, 6) is -2.38. The molecule has 3 unspecified atom stereocenters. The Balaban J connectivity index is 4.07. The van der Waals surface area contributed by atoms with Gasteiger partial charge in [0.1, 0.15) is 18.8 Å². The first-order valence-electron chi connectivity index (χ1n) is 4.03. The van der Waals surface area contributed by atoms with Crippen molar-refractivity contribution >= 4 is 11.9 Å². The molecule has 3 atom stereocenters. The zero-order valence-corrected chi connectivity index (χ0v) is 7.99. The molecule has 0 aromatic rings. The van der Waals surface area contributed by atoms with Crippen LogP contribution < -0.4 is 5.73 Å². The molecule has 8 nitrogen and oxygen atoms in total. The third-order valence-corrected chi connectivity index (χ3v) is 1.47. The zero-order chi connectivity index (χ0) is 12.0. The number of aliphatic hydroxyl groups excluding tert-OH is 1. The van der Waals surface area contributed by atoms with E-state index in [1.807, 2.05) is 0 Å². The molecule has 0 saturated heterocycles. The largest absolute Gasteiger partial charge is 0.479 e. The van der Waals surface area contributed by atoms with Gasteiger partial charge in [0.15, 0.2) is 0 Å². The van der Waals surface area contributed by atoms with Crippen molar-refractivity contribution in [2.24, 2.45) is 5.73 Å². The Kier molecular flexibility index (Phi) is 5.79. The minimum atomic E-state index is -1.87. The molecule has 0 radical (unpaired) electrons. The lowest BCUT2D eigenvalue weighted by Gasteiger charge is -2.16. The van der Waals surface area contributed by atoms with Crippen LogP contribution in [0, 0.1) is 0 Å². The lowest BCUT2D eigenvalue weighted by molar-refractivity contribution is -0.295. The number of nitrogens with two attached hydrogens (primary N) is 1. The number of aliphatic hydroxyl groups is 1. The molecular formula is C7H13NO7. The molecule has 0 bridgehead atoms. The average Bonchev–Trinajstić information content (AvgIpc) is 2.14. The second kappa shape index (κ2) is 6.30. The van der Waals surface area contributed by atoms with E-state index in [1.54, 1.807) is 0 Å². The summed E-state index contributed by atoms with van der Waals surface area (Å²) in [6.07, 6.45) is -3.54. The summed E-state index contributed by atoms with van der Waals surface area (Å²) in [7, 11) is 0. The van der Waals surface area contributed by atoms with Crippen LogP contribution in [0.25, 0.3) is 0 Å². The Morgan fingerprint density at radius 1 is 1.47 bits per heavy atom. The smallest absolute Gasteiger partial charge is 0.339 e. The Bertz CT molecular complexity index is 229. The van der Waals surface area contributed by atoms with Crippen LogP contribution >= 0.6 is 0 Å². The summed E-state index contributed by atoms with van der Waals surface area (Å²) in [5.41, 5.74) is 5.14. The maximum absolute atomic E-state index is 10.8. The zero-order valence-electron chi connectivity index (χ0n) is 7.99. The highest BCUT2D eigenvalue weighted by Crippen LogP contribution is 2.00. The first-order chi connectivity index (χ1) is 6.90. The molecule has 0 heterocycles. The van der Waals surface area contributed by atoms with Crippen LogP contribution in [0.3, 0.4) is 0 Å². The molecule has 0 aliphatic heterocycles. The van der Waals surface area contributed by atoms with Crippen molar-refractivity contribution in [1.82, 2.24) is 0 Å². The standard InChI is InChI=1S/C7H13NO7/c1-3(8)7(12)14-2-4(9)5(15-13)6(10)11/h3-5,9,13H,2,8H2,1H3,(H,10,11). The fraction of sp³-hybridized carbons (Fsp3) is 0.714. The number of hydrogen-bond acceptors (Lipinski definition) is 7. The lowest BCUT2D eigenvalue weighted by atomic mass is 10.2. The van der Waals surface area contributed by atoms with E-state index in [0.29, 0.717) is 0 Å². The number of carboxylic acid groups (broad SMARTS) is 1. The van der Waals surface area contributed by atoms with E-state index < -0.39 is 36.8 Å². The molecule has 0 saturated carbocycles. The van der Waals surface area contributed by atoms with Gasteiger partial charge in [-0.15, -0.1) is 0 Å². The maximum Gasteiger partial charge on any atom is 0.339 e. The topological polar surface area (TPSA) is 139 Å². The highest BCUT2D eigenvalue weighted by Gasteiger charge is 2.29. The lowest BCUT2D eigenvalue weighted by Crippen LogP contribution is -2.40. The van der Waals surface area contributed by atoms with E-state index in [4.69, 9.17) is 21.2 Å². The van der Waals surface area contributed by atoms with E-state index in [9.17, 15) is 9.59 Å². The second-order valence-corrected chi connectivity index (χ2v) is 2.85. The van der Waals surface area contributed by atoms with Crippen LogP contribution in [0.15, 0.2) is 0 Å².